The average molecular weight is 254 g/mol. The van der Waals surface area contributed by atoms with Crippen LogP contribution in [0.25, 0.3) is 21.2 Å². The van der Waals surface area contributed by atoms with Crippen molar-refractivity contribution in [3.63, 3.8) is 0 Å². The minimum absolute atomic E-state index is 0.568. The Hall–Kier alpha value is -1.62. The second kappa shape index (κ2) is 4.57. The molecule has 0 atom stereocenters. The summed E-state index contributed by atoms with van der Waals surface area (Å²) in [6.07, 6.45) is 0. The van der Waals surface area contributed by atoms with Crippen LogP contribution in [0.15, 0.2) is 54.6 Å². The molecule has 3 rings (SSSR count). The summed E-state index contributed by atoms with van der Waals surface area (Å²) >= 11 is 1.40. The van der Waals surface area contributed by atoms with Gasteiger partial charge < -0.3 is 10.0 Å². The summed E-state index contributed by atoms with van der Waals surface area (Å²) in [4.78, 5) is 1.05. The van der Waals surface area contributed by atoms with E-state index >= 15 is 0 Å². The minimum Gasteiger partial charge on any atom is -0.423 e. The highest BCUT2D eigenvalue weighted by atomic mass is 32.1. The van der Waals surface area contributed by atoms with Crippen LogP contribution < -0.4 is 4.78 Å². The molecule has 0 bridgehead atoms. The zero-order chi connectivity index (χ0) is 12.5. The molecule has 0 aliphatic rings. The lowest BCUT2D eigenvalue weighted by Gasteiger charge is -2.01. The van der Waals surface area contributed by atoms with Gasteiger partial charge in [0, 0.05) is 9.65 Å². The molecule has 0 aliphatic carbocycles. The Labute approximate surface area is 109 Å². The molecule has 0 saturated heterocycles. The van der Waals surface area contributed by atoms with E-state index in [0.29, 0.717) is 4.78 Å². The number of thiophene rings is 1. The highest BCUT2D eigenvalue weighted by molar-refractivity contribution is 7.24. The molecule has 0 amide bonds. The fraction of sp³-hybridized carbons (Fsp3) is 0. The van der Waals surface area contributed by atoms with Crippen LogP contribution in [0.2, 0.25) is 0 Å². The first-order valence-electron chi connectivity index (χ1n) is 5.69. The largest absolute Gasteiger partial charge is 0.499 e. The van der Waals surface area contributed by atoms with Gasteiger partial charge in [0.25, 0.3) is 0 Å². The third-order valence-corrected chi connectivity index (χ3v) is 4.09. The number of hydrogen-bond acceptors (Lipinski definition) is 3. The Morgan fingerprint density at radius 3 is 2.33 bits per heavy atom. The van der Waals surface area contributed by atoms with Gasteiger partial charge in [-0.05, 0) is 28.5 Å². The van der Waals surface area contributed by atoms with Crippen molar-refractivity contribution in [2.45, 2.75) is 0 Å². The van der Waals surface area contributed by atoms with Gasteiger partial charge in [-0.15, -0.1) is 11.3 Å². The second-order valence-corrected chi connectivity index (χ2v) is 5.25. The van der Waals surface area contributed by atoms with E-state index in [-0.39, 0.29) is 0 Å². The van der Waals surface area contributed by atoms with E-state index in [1.807, 2.05) is 18.2 Å². The normalized spacial score (nSPS) is 10.8. The molecule has 0 radical (unpaired) electrons. The molecule has 1 aromatic heterocycles. The Morgan fingerprint density at radius 2 is 1.61 bits per heavy atom. The quantitative estimate of drug-likeness (QED) is 0.688. The van der Waals surface area contributed by atoms with Crippen molar-refractivity contribution in [1.82, 2.24) is 0 Å². The van der Waals surface area contributed by atoms with Crippen LogP contribution in [-0.4, -0.2) is 17.2 Å². The minimum atomic E-state index is -1.38. The van der Waals surface area contributed by atoms with Gasteiger partial charge in [-0.2, -0.15) is 0 Å². The maximum absolute atomic E-state index is 9.12. The predicted octanol–water partition coefficient (Wildman–Crippen LogP) is 2.25. The molecule has 0 spiro atoms. The SMILES string of the molecule is OB(O)c1ccc(-c2ccc3ccccc3c2)s1. The molecule has 3 aromatic rings. The molecule has 2 N–H and O–H groups in total. The Balaban J connectivity index is 2.07. The maximum atomic E-state index is 9.12. The summed E-state index contributed by atoms with van der Waals surface area (Å²) < 4.78 is 0.568. The highest BCUT2D eigenvalue weighted by Crippen LogP contribution is 2.27. The molecule has 2 nitrogen and oxygen atoms in total. The molecule has 0 aliphatic heterocycles. The van der Waals surface area contributed by atoms with Crippen LogP contribution >= 0.6 is 11.3 Å². The van der Waals surface area contributed by atoms with E-state index < -0.39 is 7.12 Å². The predicted molar refractivity (Wildman–Crippen MR) is 77.1 cm³/mol. The summed E-state index contributed by atoms with van der Waals surface area (Å²) in [5, 5.41) is 20.6. The van der Waals surface area contributed by atoms with E-state index in [4.69, 9.17) is 10.0 Å². The van der Waals surface area contributed by atoms with Crippen molar-refractivity contribution in [2.24, 2.45) is 0 Å². The van der Waals surface area contributed by atoms with Crippen molar-refractivity contribution in [2.75, 3.05) is 0 Å². The molecule has 0 saturated carbocycles. The summed E-state index contributed by atoms with van der Waals surface area (Å²) in [7, 11) is -1.38. The molecule has 1 heterocycles. The highest BCUT2D eigenvalue weighted by Gasteiger charge is 2.14. The standard InChI is InChI=1S/C14H11BO2S/c16-15(17)14-8-7-13(18-14)12-6-5-10-3-1-2-4-11(10)9-12/h1-9,16-17H. The topological polar surface area (TPSA) is 40.5 Å². The van der Waals surface area contributed by atoms with Crippen LogP contribution in [0.3, 0.4) is 0 Å². The molecular formula is C14H11BO2S. The lowest BCUT2D eigenvalue weighted by Crippen LogP contribution is -2.26. The van der Waals surface area contributed by atoms with Gasteiger partial charge in [-0.1, -0.05) is 42.5 Å². The maximum Gasteiger partial charge on any atom is 0.499 e. The van der Waals surface area contributed by atoms with Gasteiger partial charge in [-0.3, -0.25) is 0 Å². The van der Waals surface area contributed by atoms with Crippen LogP contribution in [0.5, 0.6) is 0 Å². The smallest absolute Gasteiger partial charge is 0.423 e. The second-order valence-electron chi connectivity index (χ2n) is 4.14. The van der Waals surface area contributed by atoms with Gasteiger partial charge in [0.1, 0.15) is 0 Å². The number of benzene rings is 2. The van der Waals surface area contributed by atoms with E-state index in [1.54, 1.807) is 6.07 Å². The van der Waals surface area contributed by atoms with Crippen LogP contribution in [-0.2, 0) is 0 Å². The number of hydrogen-bond donors (Lipinski definition) is 2. The first-order chi connectivity index (χ1) is 8.74. The lowest BCUT2D eigenvalue weighted by atomic mass is 9.90. The van der Waals surface area contributed by atoms with Crippen molar-refractivity contribution in [3.05, 3.63) is 54.6 Å². The Bertz CT molecular complexity index is 691. The van der Waals surface area contributed by atoms with Crippen molar-refractivity contribution < 1.29 is 10.0 Å². The molecule has 2 aromatic carbocycles. The summed E-state index contributed by atoms with van der Waals surface area (Å²) in [5.41, 5.74) is 1.10. The summed E-state index contributed by atoms with van der Waals surface area (Å²) in [6, 6.07) is 18.1. The zero-order valence-electron chi connectivity index (χ0n) is 9.58. The summed E-state index contributed by atoms with van der Waals surface area (Å²) in [6.45, 7) is 0. The first kappa shape index (κ1) is 11.5. The van der Waals surface area contributed by atoms with Crippen molar-refractivity contribution in [3.8, 4) is 10.4 Å². The van der Waals surface area contributed by atoms with E-state index in [2.05, 4.69) is 30.3 Å². The van der Waals surface area contributed by atoms with E-state index in [9.17, 15) is 0 Å². The van der Waals surface area contributed by atoms with Gasteiger partial charge in [-0.25, -0.2) is 0 Å². The monoisotopic (exact) mass is 254 g/mol. The number of rotatable bonds is 2. The molecular weight excluding hydrogens is 243 g/mol. The fourth-order valence-corrected chi connectivity index (χ4v) is 2.87. The fourth-order valence-electron chi connectivity index (χ4n) is 1.99. The van der Waals surface area contributed by atoms with Gasteiger partial charge in [0.15, 0.2) is 0 Å². The molecule has 4 heteroatoms. The van der Waals surface area contributed by atoms with Crippen molar-refractivity contribution >= 4 is 34.0 Å². The zero-order valence-corrected chi connectivity index (χ0v) is 10.4. The van der Waals surface area contributed by atoms with Crippen LogP contribution in [0.1, 0.15) is 0 Å². The van der Waals surface area contributed by atoms with E-state index in [0.717, 1.165) is 10.4 Å². The summed E-state index contributed by atoms with van der Waals surface area (Å²) in [5.74, 6) is 0. The first-order valence-corrected chi connectivity index (χ1v) is 6.51. The Morgan fingerprint density at radius 1 is 0.833 bits per heavy atom. The molecule has 0 unspecified atom stereocenters. The third kappa shape index (κ3) is 2.06. The molecule has 0 fully saturated rings. The number of fused-ring (bicyclic) bond motifs is 1. The van der Waals surface area contributed by atoms with Crippen LogP contribution in [0, 0.1) is 0 Å². The van der Waals surface area contributed by atoms with Gasteiger partial charge in [0.05, 0.1) is 0 Å². The van der Waals surface area contributed by atoms with Gasteiger partial charge in [0.2, 0.25) is 0 Å². The molecule has 18 heavy (non-hydrogen) atoms. The third-order valence-electron chi connectivity index (χ3n) is 2.92. The van der Waals surface area contributed by atoms with Gasteiger partial charge >= 0.3 is 7.12 Å². The average Bonchev–Trinajstić information content (AvgIpc) is 2.88. The molecule has 88 valence electrons. The van der Waals surface area contributed by atoms with Crippen molar-refractivity contribution in [1.29, 1.82) is 0 Å². The Kier molecular flexibility index (Phi) is 2.92. The van der Waals surface area contributed by atoms with E-state index in [1.165, 1.54) is 22.1 Å². The lowest BCUT2D eigenvalue weighted by molar-refractivity contribution is 0.427. The van der Waals surface area contributed by atoms with Crippen LogP contribution in [0.4, 0.5) is 0 Å².